The standard InChI is InChI=1S/C18H27NO9/c1-12(2)14(21)26-8-6-19(7-9-27-15(22)13(3)4)17(25)28-11-18(5,10-20)16(23)24/h20H,1,3,6-11H2,2,4-5H3,(H,23,24). The summed E-state index contributed by atoms with van der Waals surface area (Å²) in [5, 5.41) is 18.3. The summed E-state index contributed by atoms with van der Waals surface area (Å²) >= 11 is 0. The Balaban J connectivity index is 4.88. The SMILES string of the molecule is C=C(C)C(=O)OCCN(CCOC(=O)C(=C)C)C(=O)OCC(C)(CO)C(=O)O. The van der Waals surface area contributed by atoms with Crippen LogP contribution < -0.4 is 0 Å². The lowest BCUT2D eigenvalue weighted by Gasteiger charge is -2.26. The first-order chi connectivity index (χ1) is 12.9. The van der Waals surface area contributed by atoms with Gasteiger partial charge in [0, 0.05) is 11.1 Å². The van der Waals surface area contributed by atoms with Crippen LogP contribution >= 0.6 is 0 Å². The Labute approximate surface area is 163 Å². The van der Waals surface area contributed by atoms with Gasteiger partial charge in [0.15, 0.2) is 0 Å². The number of carboxylic acids is 1. The molecule has 0 fully saturated rings. The number of nitrogens with zero attached hydrogens (tertiary/aromatic N) is 1. The molecule has 0 aliphatic rings. The summed E-state index contributed by atoms with van der Waals surface area (Å²) in [7, 11) is 0. The molecule has 0 aliphatic heterocycles. The maximum atomic E-state index is 12.3. The number of aliphatic carboxylic acids is 1. The molecule has 0 rings (SSSR count). The summed E-state index contributed by atoms with van der Waals surface area (Å²) in [6, 6.07) is 0. The van der Waals surface area contributed by atoms with Crippen molar-refractivity contribution in [3.8, 4) is 0 Å². The van der Waals surface area contributed by atoms with Crippen LogP contribution in [0, 0.1) is 5.41 Å². The summed E-state index contributed by atoms with van der Waals surface area (Å²) in [6.07, 6.45) is -0.918. The Hall–Kier alpha value is -2.88. The molecule has 158 valence electrons. The number of amides is 1. The zero-order chi connectivity index (χ0) is 21.9. The number of aliphatic hydroxyl groups is 1. The number of carbonyl (C=O) groups is 4. The van der Waals surface area contributed by atoms with Crippen LogP contribution in [0.1, 0.15) is 20.8 Å². The first-order valence-electron chi connectivity index (χ1n) is 8.36. The lowest BCUT2D eigenvalue weighted by Crippen LogP contribution is -2.42. The van der Waals surface area contributed by atoms with Crippen molar-refractivity contribution in [3.63, 3.8) is 0 Å². The molecule has 10 nitrogen and oxygen atoms in total. The topological polar surface area (TPSA) is 140 Å². The summed E-state index contributed by atoms with van der Waals surface area (Å²) in [5.41, 5.74) is -1.30. The van der Waals surface area contributed by atoms with Gasteiger partial charge in [0.05, 0.1) is 19.7 Å². The van der Waals surface area contributed by atoms with Crippen LogP contribution in [0.25, 0.3) is 0 Å². The van der Waals surface area contributed by atoms with Crippen molar-refractivity contribution in [2.24, 2.45) is 5.41 Å². The molecule has 0 radical (unpaired) electrons. The van der Waals surface area contributed by atoms with E-state index in [1.807, 2.05) is 0 Å². The van der Waals surface area contributed by atoms with E-state index >= 15 is 0 Å². The largest absolute Gasteiger partial charge is 0.481 e. The molecule has 1 unspecified atom stereocenters. The minimum atomic E-state index is -1.67. The zero-order valence-corrected chi connectivity index (χ0v) is 16.4. The van der Waals surface area contributed by atoms with Crippen LogP contribution in [0.15, 0.2) is 24.3 Å². The quantitative estimate of drug-likeness (QED) is 0.275. The van der Waals surface area contributed by atoms with E-state index in [9.17, 15) is 24.3 Å². The second-order valence-corrected chi connectivity index (χ2v) is 6.40. The van der Waals surface area contributed by atoms with Crippen molar-refractivity contribution in [1.29, 1.82) is 0 Å². The van der Waals surface area contributed by atoms with E-state index in [-0.39, 0.29) is 37.4 Å². The van der Waals surface area contributed by atoms with E-state index in [2.05, 4.69) is 13.2 Å². The predicted molar refractivity (Wildman–Crippen MR) is 97.3 cm³/mol. The van der Waals surface area contributed by atoms with Gasteiger partial charge in [-0.25, -0.2) is 14.4 Å². The van der Waals surface area contributed by atoms with Crippen LogP contribution in [0.5, 0.6) is 0 Å². The lowest BCUT2D eigenvalue weighted by molar-refractivity contribution is -0.153. The molecule has 0 aliphatic carbocycles. The first kappa shape index (κ1) is 25.1. The molecule has 0 aromatic carbocycles. The fourth-order valence-corrected chi connectivity index (χ4v) is 1.53. The number of carboxylic acid groups (broad SMARTS) is 1. The maximum absolute atomic E-state index is 12.3. The highest BCUT2D eigenvalue weighted by Gasteiger charge is 2.35. The van der Waals surface area contributed by atoms with Crippen LogP contribution in [0.3, 0.4) is 0 Å². The maximum Gasteiger partial charge on any atom is 0.410 e. The Bertz CT molecular complexity index is 597. The monoisotopic (exact) mass is 401 g/mol. The Kier molecular flexibility index (Phi) is 10.5. The molecule has 0 aromatic heterocycles. The summed E-state index contributed by atoms with van der Waals surface area (Å²) in [6.45, 7) is 9.16. The van der Waals surface area contributed by atoms with E-state index in [4.69, 9.17) is 19.3 Å². The van der Waals surface area contributed by atoms with Crippen molar-refractivity contribution < 1.29 is 43.6 Å². The van der Waals surface area contributed by atoms with Crippen LogP contribution in [0.4, 0.5) is 4.79 Å². The second-order valence-electron chi connectivity index (χ2n) is 6.40. The fraction of sp³-hybridized carbons (Fsp3) is 0.556. The van der Waals surface area contributed by atoms with Gasteiger partial charge < -0.3 is 29.3 Å². The number of aliphatic hydroxyl groups excluding tert-OH is 1. The van der Waals surface area contributed by atoms with Gasteiger partial charge in [-0.1, -0.05) is 13.2 Å². The zero-order valence-electron chi connectivity index (χ0n) is 16.4. The van der Waals surface area contributed by atoms with Gasteiger partial charge in [0.25, 0.3) is 0 Å². The normalized spacial score (nSPS) is 12.3. The molecule has 10 heteroatoms. The van der Waals surface area contributed by atoms with Gasteiger partial charge in [-0.2, -0.15) is 0 Å². The molecule has 0 saturated carbocycles. The van der Waals surface area contributed by atoms with E-state index < -0.39 is 42.6 Å². The number of carbonyl (C=O) groups excluding carboxylic acids is 3. The number of esters is 2. The lowest BCUT2D eigenvalue weighted by atomic mass is 9.93. The van der Waals surface area contributed by atoms with Gasteiger partial charge in [-0.15, -0.1) is 0 Å². The smallest absolute Gasteiger partial charge is 0.410 e. The molecule has 28 heavy (non-hydrogen) atoms. The number of ether oxygens (including phenoxy) is 3. The molecule has 0 saturated heterocycles. The molecular formula is C18H27NO9. The molecule has 2 N–H and O–H groups in total. The highest BCUT2D eigenvalue weighted by molar-refractivity contribution is 5.87. The highest BCUT2D eigenvalue weighted by Crippen LogP contribution is 2.16. The van der Waals surface area contributed by atoms with Crippen LogP contribution in [0.2, 0.25) is 0 Å². The summed E-state index contributed by atoms with van der Waals surface area (Å²) in [5.74, 6) is -2.61. The van der Waals surface area contributed by atoms with Gasteiger partial charge in [-0.05, 0) is 20.8 Å². The van der Waals surface area contributed by atoms with Gasteiger partial charge in [0.2, 0.25) is 0 Å². The Morgan fingerprint density at radius 2 is 1.36 bits per heavy atom. The molecule has 1 amide bonds. The van der Waals surface area contributed by atoms with Crippen LogP contribution in [-0.4, -0.2) is 78.6 Å². The van der Waals surface area contributed by atoms with E-state index in [0.717, 1.165) is 4.90 Å². The summed E-state index contributed by atoms with van der Waals surface area (Å²) in [4.78, 5) is 47.3. The Morgan fingerprint density at radius 1 is 0.929 bits per heavy atom. The van der Waals surface area contributed by atoms with Crippen molar-refractivity contribution >= 4 is 24.0 Å². The third kappa shape index (κ3) is 8.67. The summed E-state index contributed by atoms with van der Waals surface area (Å²) < 4.78 is 14.8. The number of hydrogen-bond acceptors (Lipinski definition) is 8. The van der Waals surface area contributed by atoms with Gasteiger partial charge in [0.1, 0.15) is 25.2 Å². The molecule has 0 heterocycles. The van der Waals surface area contributed by atoms with Gasteiger partial charge in [-0.3, -0.25) is 4.79 Å². The molecule has 0 aromatic rings. The highest BCUT2D eigenvalue weighted by atomic mass is 16.6. The Morgan fingerprint density at radius 3 is 1.68 bits per heavy atom. The van der Waals surface area contributed by atoms with Crippen molar-refractivity contribution in [2.75, 3.05) is 39.5 Å². The minimum Gasteiger partial charge on any atom is -0.481 e. The average molecular weight is 401 g/mol. The van der Waals surface area contributed by atoms with Gasteiger partial charge >= 0.3 is 24.0 Å². The van der Waals surface area contributed by atoms with E-state index in [1.54, 1.807) is 0 Å². The third-order valence-electron chi connectivity index (χ3n) is 3.52. The van der Waals surface area contributed by atoms with E-state index in [1.165, 1.54) is 20.8 Å². The van der Waals surface area contributed by atoms with Crippen molar-refractivity contribution in [1.82, 2.24) is 4.90 Å². The fourth-order valence-electron chi connectivity index (χ4n) is 1.53. The first-order valence-corrected chi connectivity index (χ1v) is 8.36. The number of rotatable bonds is 12. The molecule has 1 atom stereocenters. The average Bonchev–Trinajstić information content (AvgIpc) is 2.63. The van der Waals surface area contributed by atoms with Crippen molar-refractivity contribution in [2.45, 2.75) is 20.8 Å². The number of hydrogen-bond donors (Lipinski definition) is 2. The molecule has 0 bridgehead atoms. The molecular weight excluding hydrogens is 374 g/mol. The van der Waals surface area contributed by atoms with Crippen molar-refractivity contribution in [3.05, 3.63) is 24.3 Å². The van der Waals surface area contributed by atoms with Crippen LogP contribution in [-0.2, 0) is 28.6 Å². The molecule has 0 spiro atoms. The predicted octanol–water partition coefficient (Wildman–Crippen LogP) is 0.747. The third-order valence-corrected chi connectivity index (χ3v) is 3.52. The second kappa shape index (κ2) is 11.8. The minimum absolute atomic E-state index is 0.0919. The van der Waals surface area contributed by atoms with E-state index in [0.29, 0.717) is 0 Å².